The predicted octanol–water partition coefficient (Wildman–Crippen LogP) is 4.17. The molecule has 0 radical (unpaired) electrons. The molecular weight excluding hydrogens is 196 g/mol. The van der Waals surface area contributed by atoms with E-state index in [0.29, 0.717) is 0 Å². The molecule has 0 saturated heterocycles. The van der Waals surface area contributed by atoms with Crippen LogP contribution in [0.2, 0.25) is 19.6 Å². The highest BCUT2D eigenvalue weighted by atomic mass is 28.3. The topological polar surface area (TPSA) is 0 Å². The molecule has 0 amide bonds. The van der Waals surface area contributed by atoms with Gasteiger partial charge in [-0.25, -0.2) is 0 Å². The number of hydrogen-bond donors (Lipinski definition) is 0. The maximum atomic E-state index is 3.38. The first-order chi connectivity index (χ1) is 6.99. The summed E-state index contributed by atoms with van der Waals surface area (Å²) in [7, 11) is -1.16. The van der Waals surface area contributed by atoms with Gasteiger partial charge in [-0.05, 0) is 24.3 Å². The quantitative estimate of drug-likeness (QED) is 0.482. The molecule has 1 rings (SSSR count). The lowest BCUT2D eigenvalue weighted by molar-refractivity contribution is 0.681. The largest absolute Gasteiger partial charge is 0.132 e. The highest BCUT2D eigenvalue weighted by Gasteiger charge is 2.10. The number of allylic oxidation sites excluding steroid dienone is 4. The van der Waals surface area contributed by atoms with Crippen molar-refractivity contribution in [3.05, 3.63) is 23.8 Å². The average molecular weight is 218 g/mol. The summed E-state index contributed by atoms with van der Waals surface area (Å²) in [6.45, 7) is 9.15. The van der Waals surface area contributed by atoms with Gasteiger partial charge >= 0.3 is 0 Å². The molecule has 0 saturated carbocycles. The monoisotopic (exact) mass is 218 g/mol. The van der Waals surface area contributed by atoms with Crippen LogP contribution < -0.4 is 0 Å². The van der Waals surface area contributed by atoms with Crippen molar-refractivity contribution in [2.24, 2.45) is 5.92 Å². The molecule has 0 aromatic heterocycles. The molecular formula is C14H22Si. The second-order valence-corrected chi connectivity index (χ2v) is 10.1. The zero-order valence-electron chi connectivity index (χ0n) is 10.4. The highest BCUT2D eigenvalue weighted by Crippen LogP contribution is 2.25. The van der Waals surface area contributed by atoms with Crippen molar-refractivity contribution in [1.82, 2.24) is 0 Å². The Bertz CT molecular complexity index is 317. The van der Waals surface area contributed by atoms with Gasteiger partial charge in [0, 0.05) is 6.42 Å². The molecule has 1 atom stereocenters. The number of rotatable bonds is 2. The first-order valence-electron chi connectivity index (χ1n) is 5.86. The summed E-state index contributed by atoms with van der Waals surface area (Å²) in [4.78, 5) is 0. The van der Waals surface area contributed by atoms with Crippen LogP contribution in [0.5, 0.6) is 0 Å². The van der Waals surface area contributed by atoms with Crippen LogP contribution in [0.4, 0.5) is 0 Å². The van der Waals surface area contributed by atoms with E-state index >= 15 is 0 Å². The molecule has 0 aliphatic heterocycles. The van der Waals surface area contributed by atoms with Crippen LogP contribution in [0.15, 0.2) is 23.8 Å². The highest BCUT2D eigenvalue weighted by molar-refractivity contribution is 6.83. The van der Waals surface area contributed by atoms with Gasteiger partial charge < -0.3 is 0 Å². The van der Waals surface area contributed by atoms with Gasteiger partial charge in [0.1, 0.15) is 8.07 Å². The second-order valence-electron chi connectivity index (χ2n) is 5.34. The molecule has 0 bridgehead atoms. The molecule has 0 spiro atoms. The third kappa shape index (κ3) is 5.04. The lowest BCUT2D eigenvalue weighted by atomic mass is 10.0. The average Bonchev–Trinajstić information content (AvgIpc) is 2.49. The standard InChI is InChI=1S/C14H22Si/c1-13-9-8-11-14(13)10-6-5-7-12-15(2,3)4/h6,10-11,13H,5,8-9H2,1-4H3/b10-6-. The van der Waals surface area contributed by atoms with Crippen LogP contribution in [0.3, 0.4) is 0 Å². The smallest absolute Gasteiger partial charge is 0.129 e. The normalized spacial score (nSPS) is 21.3. The Kier molecular flexibility index (Phi) is 4.41. The molecule has 0 aromatic carbocycles. The van der Waals surface area contributed by atoms with Crippen molar-refractivity contribution in [3.8, 4) is 11.5 Å². The molecule has 0 aromatic rings. The summed E-state index contributed by atoms with van der Waals surface area (Å²) >= 11 is 0. The van der Waals surface area contributed by atoms with E-state index < -0.39 is 8.07 Å². The zero-order chi connectivity index (χ0) is 11.3. The van der Waals surface area contributed by atoms with Crippen LogP contribution in [-0.4, -0.2) is 8.07 Å². The van der Waals surface area contributed by atoms with Gasteiger partial charge in [0.2, 0.25) is 0 Å². The Morgan fingerprint density at radius 3 is 2.73 bits per heavy atom. The molecule has 1 heteroatoms. The molecule has 1 aliphatic rings. The summed E-state index contributed by atoms with van der Waals surface area (Å²) in [6.07, 6.45) is 10.3. The van der Waals surface area contributed by atoms with E-state index in [4.69, 9.17) is 0 Å². The molecule has 0 heterocycles. The molecule has 82 valence electrons. The van der Waals surface area contributed by atoms with Crippen LogP contribution in [0.1, 0.15) is 26.2 Å². The Labute approximate surface area is 95.5 Å². The summed E-state index contributed by atoms with van der Waals surface area (Å²) in [5.74, 6) is 4.02. The van der Waals surface area contributed by atoms with E-state index in [0.717, 1.165) is 12.3 Å². The van der Waals surface area contributed by atoms with Crippen molar-refractivity contribution in [2.45, 2.75) is 45.8 Å². The van der Waals surface area contributed by atoms with E-state index in [9.17, 15) is 0 Å². The molecule has 0 fully saturated rings. The third-order valence-electron chi connectivity index (χ3n) is 2.54. The summed E-state index contributed by atoms with van der Waals surface area (Å²) in [5.41, 5.74) is 4.88. The SMILES string of the molecule is CC1CCC=C1/C=C\CC#C[Si](C)(C)C. The minimum atomic E-state index is -1.16. The van der Waals surface area contributed by atoms with E-state index in [1.54, 1.807) is 0 Å². The fourth-order valence-corrected chi connectivity index (χ4v) is 2.30. The summed E-state index contributed by atoms with van der Waals surface area (Å²) < 4.78 is 0. The van der Waals surface area contributed by atoms with Gasteiger partial charge in [-0.2, -0.15) is 0 Å². The Balaban J connectivity index is 2.37. The maximum Gasteiger partial charge on any atom is 0.129 e. The lowest BCUT2D eigenvalue weighted by Crippen LogP contribution is -2.16. The Hall–Kier alpha value is -0.743. The van der Waals surface area contributed by atoms with Crippen molar-refractivity contribution in [1.29, 1.82) is 0 Å². The van der Waals surface area contributed by atoms with Crippen molar-refractivity contribution in [2.75, 3.05) is 0 Å². The van der Waals surface area contributed by atoms with Crippen LogP contribution >= 0.6 is 0 Å². The fourth-order valence-electron chi connectivity index (χ4n) is 1.67. The molecule has 0 nitrogen and oxygen atoms in total. The molecule has 15 heavy (non-hydrogen) atoms. The fraction of sp³-hybridized carbons (Fsp3) is 0.571. The minimum Gasteiger partial charge on any atom is -0.132 e. The van der Waals surface area contributed by atoms with Gasteiger partial charge in [-0.15, -0.1) is 11.5 Å². The van der Waals surface area contributed by atoms with Gasteiger partial charge in [0.25, 0.3) is 0 Å². The van der Waals surface area contributed by atoms with Crippen LogP contribution in [0.25, 0.3) is 0 Å². The van der Waals surface area contributed by atoms with Gasteiger partial charge in [0.15, 0.2) is 0 Å². The lowest BCUT2D eigenvalue weighted by Gasteiger charge is -2.03. The van der Waals surface area contributed by atoms with Crippen molar-refractivity contribution < 1.29 is 0 Å². The van der Waals surface area contributed by atoms with Gasteiger partial charge in [-0.1, -0.05) is 44.8 Å². The predicted molar refractivity (Wildman–Crippen MR) is 71.4 cm³/mol. The van der Waals surface area contributed by atoms with Crippen LogP contribution in [-0.2, 0) is 0 Å². The van der Waals surface area contributed by atoms with E-state index in [1.807, 2.05) is 0 Å². The zero-order valence-corrected chi connectivity index (χ0v) is 11.4. The van der Waals surface area contributed by atoms with Crippen molar-refractivity contribution >= 4 is 8.07 Å². The van der Waals surface area contributed by atoms with Gasteiger partial charge in [0.05, 0.1) is 0 Å². The molecule has 0 N–H and O–H groups in total. The Morgan fingerprint density at radius 2 is 2.20 bits per heavy atom. The second kappa shape index (κ2) is 5.37. The summed E-state index contributed by atoms with van der Waals surface area (Å²) in [5, 5.41) is 0. The maximum absolute atomic E-state index is 3.38. The van der Waals surface area contributed by atoms with Crippen molar-refractivity contribution in [3.63, 3.8) is 0 Å². The Morgan fingerprint density at radius 1 is 1.47 bits per heavy atom. The first-order valence-corrected chi connectivity index (χ1v) is 9.36. The van der Waals surface area contributed by atoms with Crippen LogP contribution in [0, 0.1) is 17.4 Å². The number of hydrogen-bond acceptors (Lipinski definition) is 0. The molecule has 1 aliphatic carbocycles. The summed E-state index contributed by atoms with van der Waals surface area (Å²) in [6, 6.07) is 0. The first kappa shape index (κ1) is 12.3. The van der Waals surface area contributed by atoms with Gasteiger partial charge in [-0.3, -0.25) is 0 Å². The van der Waals surface area contributed by atoms with E-state index in [2.05, 4.69) is 56.3 Å². The van der Waals surface area contributed by atoms with E-state index in [1.165, 1.54) is 18.4 Å². The third-order valence-corrected chi connectivity index (χ3v) is 3.47. The van der Waals surface area contributed by atoms with E-state index in [-0.39, 0.29) is 0 Å². The molecule has 1 unspecified atom stereocenters. The minimum absolute atomic E-state index is 0.756.